The number of hydrazone groups is 2. The quantitative estimate of drug-likeness (QED) is 0.0375. The number of Topliss-reactive ketones (excluding diaryl/α,β-unsaturated/α-hetero) is 2. The highest BCUT2D eigenvalue weighted by Gasteiger charge is 2.38. The van der Waals surface area contributed by atoms with E-state index in [0.717, 1.165) is 48.5 Å². The summed E-state index contributed by atoms with van der Waals surface area (Å²) in [5.74, 6) is -4.72. The van der Waals surface area contributed by atoms with E-state index >= 15 is 0 Å². The van der Waals surface area contributed by atoms with Crippen molar-refractivity contribution in [3.05, 3.63) is 146 Å². The summed E-state index contributed by atoms with van der Waals surface area (Å²) in [5, 5.41) is 16.8. The molecule has 422 valence electrons. The molecular weight excluding hydrogens is 1230 g/mol. The second kappa shape index (κ2) is 21.9. The van der Waals surface area contributed by atoms with E-state index in [2.05, 4.69) is 72.2 Å². The van der Waals surface area contributed by atoms with Gasteiger partial charge < -0.3 is 21.3 Å². The molecule has 38 heteroatoms. The maximum absolute atomic E-state index is 14.2. The molecule has 7 aromatic rings. The van der Waals surface area contributed by atoms with Gasteiger partial charge in [0.25, 0.3) is 50.6 Å². The van der Waals surface area contributed by atoms with Crippen molar-refractivity contribution in [2.24, 2.45) is 10.2 Å². The van der Waals surface area contributed by atoms with Crippen LogP contribution < -0.4 is 32.1 Å². The lowest BCUT2D eigenvalue weighted by Crippen LogP contribution is -2.28. The van der Waals surface area contributed by atoms with Crippen molar-refractivity contribution in [1.29, 1.82) is 0 Å². The first-order chi connectivity index (χ1) is 38.4. The molecule has 0 fully saturated rings. The van der Waals surface area contributed by atoms with E-state index in [9.17, 15) is 74.4 Å². The molecule has 0 amide bonds. The Bertz CT molecular complexity index is 4620. The number of benzene rings is 5. The Morgan fingerprint density at radius 3 is 1.15 bits per heavy atom. The zero-order valence-electron chi connectivity index (χ0n) is 40.0. The van der Waals surface area contributed by atoms with E-state index in [-0.39, 0.29) is 17.1 Å². The molecule has 2 heterocycles. The summed E-state index contributed by atoms with van der Waals surface area (Å²) in [6.45, 7) is 0. The van der Waals surface area contributed by atoms with Crippen LogP contribution in [-0.2, 0) is 50.6 Å². The third-order valence-electron chi connectivity index (χ3n) is 11.0. The topological polar surface area (TPSA) is 480 Å². The van der Waals surface area contributed by atoms with Crippen LogP contribution in [0.3, 0.4) is 0 Å². The number of allylic oxidation sites excluding steroid dienone is 2. The summed E-state index contributed by atoms with van der Waals surface area (Å²) in [7, 11) is -25.9. The number of nitrogens with one attached hydrogen (secondary N) is 6. The van der Waals surface area contributed by atoms with Crippen molar-refractivity contribution >= 4 is 167 Å². The van der Waals surface area contributed by atoms with Gasteiger partial charge in [-0.2, -0.15) is 82.2 Å². The highest BCUT2D eigenvalue weighted by atomic mass is 35.5. The SMILES string of the molecule is O=C1/C(=N/Nc2ccccc2)C(S(=O)(=O)O)=Cc2cc(S(=O)(=O)O)cc(Nc3nc(Cl)nc(Nc4ccc(S(=O)(=O)O)c(Nc5nc(Cl)nc(Nc6cc(S(=O)(=O)O)cc7c6C(=O)/C(=N/Nc6ccccc6)C(S(=O)(=O)O)=C7)n5)c4)n3)c21. The third-order valence-corrected chi connectivity index (χ3v) is 15.6. The minimum Gasteiger partial charge on any atom is -0.324 e. The Kier molecular flexibility index (Phi) is 15.5. The average Bonchev–Trinajstić information content (AvgIpc) is 3.41. The fourth-order valence-electron chi connectivity index (χ4n) is 7.60. The Balaban J connectivity index is 1.05. The van der Waals surface area contributed by atoms with E-state index in [1.807, 2.05) is 0 Å². The number of rotatable bonds is 17. The predicted octanol–water partition coefficient (Wildman–Crippen LogP) is 5.86. The molecule has 2 aliphatic carbocycles. The minimum atomic E-state index is -5.26. The van der Waals surface area contributed by atoms with Gasteiger partial charge in [-0.15, -0.1) is 0 Å². The van der Waals surface area contributed by atoms with Crippen LogP contribution in [0.15, 0.2) is 138 Å². The average molecular weight is 1260 g/mol. The smallest absolute Gasteiger partial charge is 0.296 e. The summed E-state index contributed by atoms with van der Waals surface area (Å²) in [4.78, 5) is 47.5. The monoisotopic (exact) mass is 1260 g/mol. The largest absolute Gasteiger partial charge is 0.324 e. The van der Waals surface area contributed by atoms with E-state index in [1.165, 1.54) is 24.3 Å². The van der Waals surface area contributed by atoms with Crippen LogP contribution in [-0.4, -0.2) is 118 Å². The molecule has 0 spiro atoms. The Morgan fingerprint density at radius 2 is 0.780 bits per heavy atom. The predicted molar refractivity (Wildman–Crippen MR) is 294 cm³/mol. The molecule has 2 aliphatic rings. The second-order valence-electron chi connectivity index (χ2n) is 16.5. The van der Waals surface area contributed by atoms with Crippen LogP contribution in [0.5, 0.6) is 0 Å². The van der Waals surface area contributed by atoms with Gasteiger partial charge in [0.05, 0.1) is 49.4 Å². The van der Waals surface area contributed by atoms with Crippen LogP contribution in [0.25, 0.3) is 12.2 Å². The molecule has 0 aliphatic heterocycles. The van der Waals surface area contributed by atoms with Crippen molar-refractivity contribution in [2.45, 2.75) is 14.7 Å². The van der Waals surface area contributed by atoms with Gasteiger partial charge in [0.2, 0.25) is 45.9 Å². The molecule has 0 unspecified atom stereocenters. The van der Waals surface area contributed by atoms with Gasteiger partial charge in [-0.05, 0) is 113 Å². The summed E-state index contributed by atoms with van der Waals surface area (Å²) < 4.78 is 176. The number of anilines is 10. The zero-order chi connectivity index (χ0) is 59.3. The van der Waals surface area contributed by atoms with Gasteiger partial charge in [0.15, 0.2) is 11.4 Å². The van der Waals surface area contributed by atoms with Crippen LogP contribution in [0.4, 0.5) is 57.9 Å². The second-order valence-corrected chi connectivity index (χ2v) is 24.2. The fraction of sp³-hybridized carbons (Fsp3) is 0. The molecule has 11 N–H and O–H groups in total. The molecule has 2 aromatic heterocycles. The number of carbonyl (C=O) groups excluding carboxylic acids is 2. The number of aromatic nitrogens is 6. The van der Waals surface area contributed by atoms with Gasteiger partial charge >= 0.3 is 0 Å². The third kappa shape index (κ3) is 13.0. The normalized spacial score (nSPS) is 14.8. The van der Waals surface area contributed by atoms with E-state index in [0.29, 0.717) is 6.08 Å². The number of nitrogens with zero attached hydrogens (tertiary/aromatic N) is 8. The molecule has 0 atom stereocenters. The number of hydrogen-bond acceptors (Lipinski definition) is 26. The summed E-state index contributed by atoms with van der Waals surface area (Å²) >= 11 is 12.5. The zero-order valence-corrected chi connectivity index (χ0v) is 45.6. The summed E-state index contributed by atoms with van der Waals surface area (Å²) in [6, 6.07) is 21.5. The highest BCUT2D eigenvalue weighted by molar-refractivity contribution is 7.91. The fourth-order valence-corrected chi connectivity index (χ4v) is 10.9. The lowest BCUT2D eigenvalue weighted by Gasteiger charge is -2.20. The number of hydrogen-bond donors (Lipinski definition) is 11. The molecule has 0 bridgehead atoms. The molecular formula is C44H30Cl2N14O17S5. The Labute approximate surface area is 471 Å². The summed E-state index contributed by atoms with van der Waals surface area (Å²) in [5.41, 5.74) is 0.167. The standard InChI is InChI=1S/C44H30Cl2N14O17S5/c45-39-51-41(55-43(53-39)49-28-18-25(78(63,64)65)13-20-15-31(81(72,73)74)35(37(61)33(20)28)59-57-22-7-3-1-4-8-22)47-24-11-12-30(80(69,70)71)27(17-24)48-42-52-40(46)54-44(56-42)50-29-19-26(79(66,67)68)14-21-16-32(82(75,76)77)36(38(62)34(21)29)60-58-23-9-5-2-6-10-23/h1-19,57-58H,(H,63,64,65)(H,66,67,68)(H,69,70,71)(H,72,73,74)(H,75,76,77)(H2,47,49,51,53,55)(H2,48,50,52,54,56)/b59-35+,60-36+. The molecule has 0 saturated heterocycles. The van der Waals surface area contributed by atoms with Gasteiger partial charge in [-0.3, -0.25) is 43.2 Å². The first kappa shape index (κ1) is 57.9. The first-order valence-corrected chi connectivity index (χ1v) is 29.9. The van der Waals surface area contributed by atoms with E-state index in [4.69, 9.17) is 23.2 Å². The van der Waals surface area contributed by atoms with Crippen LogP contribution in [0, 0.1) is 0 Å². The van der Waals surface area contributed by atoms with Crippen molar-refractivity contribution in [2.75, 3.05) is 32.1 Å². The maximum atomic E-state index is 14.2. The number of ketones is 2. The number of fused-ring (bicyclic) bond motifs is 2. The molecule has 9 rings (SSSR count). The van der Waals surface area contributed by atoms with Crippen molar-refractivity contribution < 1.29 is 74.4 Å². The van der Waals surface area contributed by atoms with Crippen LogP contribution in [0.1, 0.15) is 31.8 Å². The van der Waals surface area contributed by atoms with Gasteiger partial charge in [0.1, 0.15) is 14.7 Å². The van der Waals surface area contributed by atoms with Crippen molar-refractivity contribution in [3.8, 4) is 0 Å². The molecule has 0 saturated carbocycles. The summed E-state index contributed by atoms with van der Waals surface area (Å²) in [6.07, 6.45) is 1.42. The van der Waals surface area contributed by atoms with Gasteiger partial charge in [0, 0.05) is 5.69 Å². The van der Waals surface area contributed by atoms with Crippen molar-refractivity contribution in [1.82, 2.24) is 29.9 Å². The molecule has 82 heavy (non-hydrogen) atoms. The molecule has 5 aromatic carbocycles. The molecule has 0 radical (unpaired) electrons. The lowest BCUT2D eigenvalue weighted by molar-refractivity contribution is 0.105. The maximum Gasteiger partial charge on any atom is 0.296 e. The van der Waals surface area contributed by atoms with Gasteiger partial charge in [-0.25, -0.2) is 0 Å². The number of halogens is 2. The Morgan fingerprint density at radius 1 is 0.402 bits per heavy atom. The van der Waals surface area contributed by atoms with Crippen LogP contribution in [0.2, 0.25) is 10.6 Å². The van der Waals surface area contributed by atoms with E-state index < -0.39 is 172 Å². The first-order valence-electron chi connectivity index (χ1n) is 22.0. The molecule has 31 nitrogen and oxygen atoms in total. The highest BCUT2D eigenvalue weighted by Crippen LogP contribution is 2.38. The number of carbonyl (C=O) groups is 2. The number of para-hydroxylation sites is 2. The van der Waals surface area contributed by atoms with Crippen molar-refractivity contribution in [3.63, 3.8) is 0 Å². The minimum absolute atomic E-state index is 0.124. The van der Waals surface area contributed by atoms with E-state index in [1.54, 1.807) is 36.4 Å². The Hall–Kier alpha value is -8.79. The lowest BCUT2D eigenvalue weighted by atomic mass is 9.93. The van der Waals surface area contributed by atoms with Gasteiger partial charge in [-0.1, -0.05) is 36.4 Å². The van der Waals surface area contributed by atoms with Crippen LogP contribution >= 0.6 is 23.2 Å².